The van der Waals surface area contributed by atoms with Gasteiger partial charge < -0.3 is 9.30 Å². The Balaban J connectivity index is 0.000000645. The summed E-state index contributed by atoms with van der Waals surface area (Å²) in [5.74, 6) is 0.0208. The fourth-order valence-electron chi connectivity index (χ4n) is 3.78. The SMILES string of the molecule is CC.CC.O=C(c1ccc2nccn2c1)N1CCc2sc(Cl)cc2C1c1ccccc1. The molecule has 1 unspecified atom stereocenters. The molecule has 3 aromatic heterocycles. The number of fused-ring (bicyclic) bond motifs is 2. The lowest BCUT2D eigenvalue weighted by molar-refractivity contribution is 0.0695. The maximum atomic E-state index is 13.4. The molecule has 162 valence electrons. The van der Waals surface area contributed by atoms with Crippen molar-refractivity contribution in [2.45, 2.75) is 40.2 Å². The molecule has 0 saturated carbocycles. The highest BCUT2D eigenvalue weighted by atomic mass is 35.5. The number of thiophene rings is 1. The predicted octanol–water partition coefficient (Wildman–Crippen LogP) is 6.89. The van der Waals surface area contributed by atoms with E-state index in [4.69, 9.17) is 11.6 Å². The first-order valence-corrected chi connectivity index (χ1v) is 12.0. The first-order chi connectivity index (χ1) is 15.2. The van der Waals surface area contributed by atoms with Crippen LogP contribution in [0.5, 0.6) is 0 Å². The lowest BCUT2D eigenvalue weighted by Gasteiger charge is -2.36. The normalized spacial score (nSPS) is 14.7. The molecular formula is C25H28ClN3OS. The molecule has 4 aromatic rings. The van der Waals surface area contributed by atoms with Gasteiger partial charge in [0, 0.05) is 30.0 Å². The van der Waals surface area contributed by atoms with Crippen molar-refractivity contribution in [2.24, 2.45) is 0 Å². The van der Waals surface area contributed by atoms with E-state index in [1.54, 1.807) is 17.5 Å². The third-order valence-corrected chi connectivity index (χ3v) is 6.35. The fraction of sp³-hybridized carbons (Fsp3) is 0.280. The van der Waals surface area contributed by atoms with Crippen molar-refractivity contribution in [2.75, 3.05) is 6.54 Å². The van der Waals surface area contributed by atoms with Gasteiger partial charge in [-0.25, -0.2) is 4.98 Å². The second-order valence-electron chi connectivity index (χ2n) is 6.60. The van der Waals surface area contributed by atoms with Crippen LogP contribution in [0.3, 0.4) is 0 Å². The summed E-state index contributed by atoms with van der Waals surface area (Å²) in [6, 6.07) is 15.8. The van der Waals surface area contributed by atoms with E-state index in [0.29, 0.717) is 12.1 Å². The highest BCUT2D eigenvalue weighted by Gasteiger charge is 2.34. The predicted molar refractivity (Wildman–Crippen MR) is 130 cm³/mol. The maximum absolute atomic E-state index is 13.4. The standard InChI is InChI=1S/C21H16ClN3OS.2C2H6/c22-18-12-16-17(27-18)8-10-25(20(16)14-4-2-1-3-5-14)21(26)15-6-7-19-23-9-11-24(19)13-15;2*1-2/h1-7,9,11-13,20H,8,10H2;2*1-2H3. The molecule has 6 heteroatoms. The zero-order valence-electron chi connectivity index (χ0n) is 18.4. The van der Waals surface area contributed by atoms with Crippen molar-refractivity contribution in [3.8, 4) is 0 Å². The zero-order valence-corrected chi connectivity index (χ0v) is 20.0. The van der Waals surface area contributed by atoms with Gasteiger partial charge >= 0.3 is 0 Å². The summed E-state index contributed by atoms with van der Waals surface area (Å²) in [5, 5.41) is 0. The van der Waals surface area contributed by atoms with Crippen LogP contribution in [-0.2, 0) is 6.42 Å². The van der Waals surface area contributed by atoms with Gasteiger partial charge in [-0.3, -0.25) is 4.79 Å². The smallest absolute Gasteiger partial charge is 0.256 e. The van der Waals surface area contributed by atoms with Gasteiger partial charge in [0.05, 0.1) is 15.9 Å². The first kappa shape index (κ1) is 23.0. The van der Waals surface area contributed by atoms with Crippen molar-refractivity contribution in [3.05, 3.63) is 93.0 Å². The fourth-order valence-corrected chi connectivity index (χ4v) is 5.08. The number of amides is 1. The first-order valence-electron chi connectivity index (χ1n) is 10.8. The Bertz CT molecular complexity index is 1140. The van der Waals surface area contributed by atoms with Crippen molar-refractivity contribution < 1.29 is 4.79 Å². The monoisotopic (exact) mass is 453 g/mol. The number of rotatable bonds is 2. The van der Waals surface area contributed by atoms with E-state index >= 15 is 0 Å². The largest absolute Gasteiger partial charge is 0.327 e. The molecule has 1 amide bonds. The summed E-state index contributed by atoms with van der Waals surface area (Å²) in [6.07, 6.45) is 6.27. The van der Waals surface area contributed by atoms with Gasteiger partial charge in [0.1, 0.15) is 5.65 Å². The number of carbonyl (C=O) groups is 1. The lowest BCUT2D eigenvalue weighted by Crippen LogP contribution is -2.40. The molecule has 1 aliphatic heterocycles. The average molecular weight is 454 g/mol. The van der Waals surface area contributed by atoms with Gasteiger partial charge in [-0.2, -0.15) is 0 Å². The Kier molecular flexibility index (Phi) is 7.88. The van der Waals surface area contributed by atoms with Crippen LogP contribution in [0.1, 0.15) is 60.1 Å². The van der Waals surface area contributed by atoms with Crippen LogP contribution in [0.15, 0.2) is 67.1 Å². The molecule has 0 fully saturated rings. The highest BCUT2D eigenvalue weighted by Crippen LogP contribution is 2.41. The molecule has 1 aromatic carbocycles. The molecule has 0 radical (unpaired) electrons. The van der Waals surface area contributed by atoms with Crippen molar-refractivity contribution >= 4 is 34.5 Å². The highest BCUT2D eigenvalue weighted by molar-refractivity contribution is 7.16. The number of halogens is 1. The second kappa shape index (κ2) is 10.6. The Morgan fingerprint density at radius 3 is 2.58 bits per heavy atom. The van der Waals surface area contributed by atoms with Gasteiger partial charge in [-0.1, -0.05) is 69.6 Å². The molecular weight excluding hydrogens is 426 g/mol. The molecule has 0 bridgehead atoms. The lowest BCUT2D eigenvalue weighted by atomic mass is 9.92. The van der Waals surface area contributed by atoms with E-state index in [1.165, 1.54) is 4.88 Å². The number of imidazole rings is 1. The maximum Gasteiger partial charge on any atom is 0.256 e. The molecule has 5 rings (SSSR count). The molecule has 31 heavy (non-hydrogen) atoms. The zero-order chi connectivity index (χ0) is 22.4. The summed E-state index contributed by atoms with van der Waals surface area (Å²) in [7, 11) is 0. The molecule has 0 N–H and O–H groups in total. The second-order valence-corrected chi connectivity index (χ2v) is 8.37. The number of benzene rings is 1. The number of hydrogen-bond acceptors (Lipinski definition) is 3. The van der Waals surface area contributed by atoms with Crippen molar-refractivity contribution in [3.63, 3.8) is 0 Å². The Labute approximate surface area is 193 Å². The van der Waals surface area contributed by atoms with Gasteiger partial charge in [0.2, 0.25) is 0 Å². The molecule has 1 aliphatic rings. The van der Waals surface area contributed by atoms with Crippen LogP contribution in [0, 0.1) is 0 Å². The van der Waals surface area contributed by atoms with E-state index in [-0.39, 0.29) is 11.9 Å². The topological polar surface area (TPSA) is 37.6 Å². The van der Waals surface area contributed by atoms with Crippen LogP contribution in [0.2, 0.25) is 4.34 Å². The molecule has 4 nitrogen and oxygen atoms in total. The summed E-state index contributed by atoms with van der Waals surface area (Å²) >= 11 is 7.92. The van der Waals surface area contributed by atoms with Crippen LogP contribution in [0.4, 0.5) is 0 Å². The molecule has 0 aliphatic carbocycles. The number of carbonyl (C=O) groups excluding carboxylic acids is 1. The number of nitrogens with zero attached hydrogens (tertiary/aromatic N) is 3. The van der Waals surface area contributed by atoms with Gasteiger partial charge in [-0.15, -0.1) is 11.3 Å². The Morgan fingerprint density at radius 2 is 1.84 bits per heavy atom. The minimum atomic E-state index is -0.121. The van der Waals surface area contributed by atoms with E-state index in [1.807, 2.05) is 85.8 Å². The summed E-state index contributed by atoms with van der Waals surface area (Å²) < 4.78 is 2.65. The van der Waals surface area contributed by atoms with Crippen LogP contribution in [-0.4, -0.2) is 26.7 Å². The minimum absolute atomic E-state index is 0.0208. The molecule has 4 heterocycles. The molecule has 0 saturated heterocycles. The van der Waals surface area contributed by atoms with Crippen LogP contribution < -0.4 is 0 Å². The number of aromatic nitrogens is 2. The van der Waals surface area contributed by atoms with E-state index in [2.05, 4.69) is 17.1 Å². The quantitative estimate of drug-likeness (QED) is 0.331. The third-order valence-electron chi connectivity index (χ3n) is 5.01. The summed E-state index contributed by atoms with van der Waals surface area (Å²) in [5.41, 5.74) is 3.73. The molecule has 1 atom stereocenters. The summed E-state index contributed by atoms with van der Waals surface area (Å²) in [6.45, 7) is 8.67. The minimum Gasteiger partial charge on any atom is -0.327 e. The number of hydrogen-bond donors (Lipinski definition) is 0. The summed E-state index contributed by atoms with van der Waals surface area (Å²) in [4.78, 5) is 20.9. The number of pyridine rings is 1. The van der Waals surface area contributed by atoms with Gasteiger partial charge in [0.25, 0.3) is 5.91 Å². The van der Waals surface area contributed by atoms with Gasteiger partial charge in [-0.05, 0) is 35.7 Å². The Hall–Kier alpha value is -2.63. The van der Waals surface area contributed by atoms with Crippen LogP contribution >= 0.6 is 22.9 Å². The van der Waals surface area contributed by atoms with Gasteiger partial charge in [0.15, 0.2) is 0 Å². The van der Waals surface area contributed by atoms with Crippen molar-refractivity contribution in [1.82, 2.24) is 14.3 Å². The van der Waals surface area contributed by atoms with E-state index in [9.17, 15) is 4.79 Å². The Morgan fingerprint density at radius 1 is 1.10 bits per heavy atom. The van der Waals surface area contributed by atoms with E-state index < -0.39 is 0 Å². The average Bonchev–Trinajstić information content (AvgIpc) is 3.46. The van der Waals surface area contributed by atoms with Crippen molar-refractivity contribution in [1.29, 1.82) is 0 Å². The van der Waals surface area contributed by atoms with E-state index in [0.717, 1.165) is 27.5 Å². The molecule has 0 spiro atoms. The van der Waals surface area contributed by atoms with Crippen LogP contribution in [0.25, 0.3) is 5.65 Å². The third kappa shape index (κ3) is 4.68.